The molecule has 0 aliphatic carbocycles. The Morgan fingerprint density at radius 1 is 0.966 bits per heavy atom. The molecule has 0 atom stereocenters. The fourth-order valence-corrected chi connectivity index (χ4v) is 2.69. The van der Waals surface area contributed by atoms with Crippen molar-refractivity contribution in [3.63, 3.8) is 0 Å². The summed E-state index contributed by atoms with van der Waals surface area (Å²) in [5.74, 6) is 1.15. The Hall–Kier alpha value is -3.60. The zero-order valence-electron chi connectivity index (χ0n) is 16.6. The number of amides is 1. The van der Waals surface area contributed by atoms with Crippen molar-refractivity contribution >= 4 is 12.1 Å². The molecule has 3 rings (SSSR count). The first-order chi connectivity index (χ1) is 14.1. The minimum absolute atomic E-state index is 0.0894. The van der Waals surface area contributed by atoms with E-state index in [9.17, 15) is 4.79 Å². The number of benzene rings is 3. The van der Waals surface area contributed by atoms with Gasteiger partial charge in [-0.3, -0.25) is 4.79 Å². The molecule has 5 nitrogen and oxygen atoms in total. The normalized spacial score (nSPS) is 10.7. The standard InChI is InChI=1S/C24H24N2O3/c1-18-6-5-8-21(14-18)16-28-22-12-10-20(11-13-22)15-25-26-24(27)17-29-23-9-4-3-7-19(23)2/h3-15H,16-17H2,1-2H3,(H,26,27)/b25-15+. The van der Waals surface area contributed by atoms with Gasteiger partial charge in [0.1, 0.15) is 18.1 Å². The third kappa shape index (κ3) is 6.50. The van der Waals surface area contributed by atoms with Crippen LogP contribution in [0.3, 0.4) is 0 Å². The maximum Gasteiger partial charge on any atom is 0.277 e. The highest BCUT2D eigenvalue weighted by molar-refractivity contribution is 5.83. The second-order valence-electron chi connectivity index (χ2n) is 6.69. The van der Waals surface area contributed by atoms with E-state index in [-0.39, 0.29) is 12.5 Å². The number of carbonyl (C=O) groups excluding carboxylic acids is 1. The topological polar surface area (TPSA) is 59.9 Å². The average molecular weight is 388 g/mol. The van der Waals surface area contributed by atoms with Crippen LogP contribution in [-0.4, -0.2) is 18.7 Å². The molecule has 0 aliphatic heterocycles. The molecule has 3 aromatic carbocycles. The van der Waals surface area contributed by atoms with E-state index in [1.807, 2.05) is 67.6 Å². The smallest absolute Gasteiger partial charge is 0.277 e. The van der Waals surface area contributed by atoms with Crippen LogP contribution in [0.1, 0.15) is 22.3 Å². The number of carbonyl (C=O) groups is 1. The SMILES string of the molecule is Cc1cccc(COc2ccc(/C=N/NC(=O)COc3ccccc3C)cc2)c1. The van der Waals surface area contributed by atoms with Gasteiger partial charge in [0.2, 0.25) is 0 Å². The van der Waals surface area contributed by atoms with Crippen LogP contribution in [0, 0.1) is 13.8 Å². The lowest BCUT2D eigenvalue weighted by molar-refractivity contribution is -0.123. The highest BCUT2D eigenvalue weighted by Gasteiger charge is 2.03. The van der Waals surface area contributed by atoms with Crippen molar-refractivity contribution in [2.75, 3.05) is 6.61 Å². The predicted octanol–water partition coefficient (Wildman–Crippen LogP) is 4.41. The monoisotopic (exact) mass is 388 g/mol. The second kappa shape index (κ2) is 10.1. The number of nitrogens with one attached hydrogen (secondary N) is 1. The summed E-state index contributed by atoms with van der Waals surface area (Å²) in [6.45, 7) is 4.42. The number of hydrazone groups is 1. The first-order valence-corrected chi connectivity index (χ1v) is 9.39. The zero-order valence-corrected chi connectivity index (χ0v) is 16.6. The fourth-order valence-electron chi connectivity index (χ4n) is 2.69. The van der Waals surface area contributed by atoms with E-state index in [4.69, 9.17) is 9.47 Å². The van der Waals surface area contributed by atoms with Crippen LogP contribution in [0.15, 0.2) is 77.9 Å². The molecule has 0 aliphatic rings. The van der Waals surface area contributed by atoms with Gasteiger partial charge in [-0.15, -0.1) is 0 Å². The Labute approximate surface area is 171 Å². The summed E-state index contributed by atoms with van der Waals surface area (Å²) in [6.07, 6.45) is 1.58. The van der Waals surface area contributed by atoms with Crippen LogP contribution in [0.5, 0.6) is 11.5 Å². The molecule has 29 heavy (non-hydrogen) atoms. The summed E-state index contributed by atoms with van der Waals surface area (Å²) < 4.78 is 11.3. The van der Waals surface area contributed by atoms with Gasteiger partial charge in [0, 0.05) is 0 Å². The molecule has 0 heterocycles. The van der Waals surface area contributed by atoms with Crippen LogP contribution in [0.25, 0.3) is 0 Å². The Morgan fingerprint density at radius 2 is 1.76 bits per heavy atom. The van der Waals surface area contributed by atoms with E-state index in [1.54, 1.807) is 6.21 Å². The Morgan fingerprint density at radius 3 is 2.52 bits per heavy atom. The molecule has 0 bridgehead atoms. The lowest BCUT2D eigenvalue weighted by atomic mass is 10.1. The maximum atomic E-state index is 11.8. The van der Waals surface area contributed by atoms with Gasteiger partial charge in [-0.1, -0.05) is 48.0 Å². The highest BCUT2D eigenvalue weighted by Crippen LogP contribution is 2.16. The van der Waals surface area contributed by atoms with Gasteiger partial charge in [0.25, 0.3) is 5.91 Å². The van der Waals surface area contributed by atoms with Crippen molar-refractivity contribution in [2.24, 2.45) is 5.10 Å². The number of nitrogens with zero attached hydrogens (tertiary/aromatic N) is 1. The molecule has 0 saturated heterocycles. The fraction of sp³-hybridized carbons (Fsp3) is 0.167. The molecule has 0 saturated carbocycles. The number of rotatable bonds is 8. The van der Waals surface area contributed by atoms with Crippen LogP contribution >= 0.6 is 0 Å². The van der Waals surface area contributed by atoms with Crippen molar-refractivity contribution in [2.45, 2.75) is 20.5 Å². The van der Waals surface area contributed by atoms with Crippen LogP contribution in [-0.2, 0) is 11.4 Å². The molecule has 0 radical (unpaired) electrons. The zero-order chi connectivity index (χ0) is 20.5. The molecule has 0 spiro atoms. The molecular weight excluding hydrogens is 364 g/mol. The second-order valence-corrected chi connectivity index (χ2v) is 6.69. The first-order valence-electron chi connectivity index (χ1n) is 9.39. The van der Waals surface area contributed by atoms with Gasteiger partial charge in [-0.25, -0.2) is 5.43 Å². The van der Waals surface area contributed by atoms with E-state index in [0.29, 0.717) is 12.4 Å². The van der Waals surface area contributed by atoms with Gasteiger partial charge in [-0.2, -0.15) is 5.10 Å². The Bertz CT molecular complexity index is 981. The summed E-state index contributed by atoms with van der Waals surface area (Å²) in [5.41, 5.74) is 6.64. The molecular formula is C24H24N2O3. The average Bonchev–Trinajstić information content (AvgIpc) is 2.73. The number of para-hydroxylation sites is 1. The minimum atomic E-state index is -0.317. The highest BCUT2D eigenvalue weighted by atomic mass is 16.5. The lowest BCUT2D eigenvalue weighted by Gasteiger charge is -2.07. The molecule has 5 heteroatoms. The van der Waals surface area contributed by atoms with Crippen molar-refractivity contribution in [1.29, 1.82) is 0 Å². The van der Waals surface area contributed by atoms with E-state index in [2.05, 4.69) is 29.6 Å². The largest absolute Gasteiger partial charge is 0.489 e. The Kier molecular flexibility index (Phi) is 7.00. The minimum Gasteiger partial charge on any atom is -0.489 e. The molecule has 0 fully saturated rings. The summed E-state index contributed by atoms with van der Waals surface area (Å²) in [7, 11) is 0. The molecule has 1 amide bonds. The first kappa shape index (κ1) is 20.1. The van der Waals surface area contributed by atoms with E-state index >= 15 is 0 Å². The molecule has 148 valence electrons. The van der Waals surface area contributed by atoms with E-state index in [1.165, 1.54) is 5.56 Å². The van der Waals surface area contributed by atoms with Crippen LogP contribution < -0.4 is 14.9 Å². The van der Waals surface area contributed by atoms with Gasteiger partial charge in [-0.05, 0) is 60.9 Å². The third-order valence-corrected chi connectivity index (χ3v) is 4.22. The van der Waals surface area contributed by atoms with Gasteiger partial charge >= 0.3 is 0 Å². The van der Waals surface area contributed by atoms with Gasteiger partial charge in [0.05, 0.1) is 6.21 Å². The summed E-state index contributed by atoms with van der Waals surface area (Å²) in [5, 5.41) is 3.96. The molecule has 0 aromatic heterocycles. The molecule has 3 aromatic rings. The van der Waals surface area contributed by atoms with Crippen molar-refractivity contribution in [1.82, 2.24) is 5.43 Å². The lowest BCUT2D eigenvalue weighted by Crippen LogP contribution is -2.24. The maximum absolute atomic E-state index is 11.8. The van der Waals surface area contributed by atoms with Crippen molar-refractivity contribution in [3.05, 3.63) is 95.1 Å². The summed E-state index contributed by atoms with van der Waals surface area (Å²) in [6, 6.07) is 23.3. The van der Waals surface area contributed by atoms with Crippen molar-refractivity contribution in [3.8, 4) is 11.5 Å². The summed E-state index contributed by atoms with van der Waals surface area (Å²) >= 11 is 0. The summed E-state index contributed by atoms with van der Waals surface area (Å²) in [4.78, 5) is 11.8. The number of ether oxygens (including phenoxy) is 2. The van der Waals surface area contributed by atoms with E-state index in [0.717, 1.165) is 22.4 Å². The van der Waals surface area contributed by atoms with Crippen LogP contribution in [0.2, 0.25) is 0 Å². The Balaban J connectivity index is 1.43. The number of aryl methyl sites for hydroxylation is 2. The van der Waals surface area contributed by atoms with Crippen LogP contribution in [0.4, 0.5) is 0 Å². The van der Waals surface area contributed by atoms with Gasteiger partial charge in [0.15, 0.2) is 6.61 Å². The predicted molar refractivity (Wildman–Crippen MR) is 114 cm³/mol. The van der Waals surface area contributed by atoms with E-state index < -0.39 is 0 Å². The molecule has 1 N–H and O–H groups in total. The van der Waals surface area contributed by atoms with Gasteiger partial charge < -0.3 is 9.47 Å². The third-order valence-electron chi connectivity index (χ3n) is 4.22. The van der Waals surface area contributed by atoms with Crippen molar-refractivity contribution < 1.29 is 14.3 Å². The molecule has 0 unspecified atom stereocenters. The number of hydrogen-bond acceptors (Lipinski definition) is 4. The number of hydrogen-bond donors (Lipinski definition) is 1. The quantitative estimate of drug-likeness (QED) is 0.459.